The van der Waals surface area contributed by atoms with E-state index in [2.05, 4.69) is 15.9 Å². The fourth-order valence-electron chi connectivity index (χ4n) is 2.05. The lowest BCUT2D eigenvalue weighted by molar-refractivity contribution is 0.0755. The Labute approximate surface area is 99.3 Å². The van der Waals surface area contributed by atoms with Crippen molar-refractivity contribution in [1.82, 2.24) is 4.90 Å². The van der Waals surface area contributed by atoms with E-state index in [1.165, 1.54) is 11.3 Å². The Morgan fingerprint density at radius 3 is 2.93 bits per heavy atom. The fourth-order valence-corrected chi connectivity index (χ4v) is 3.99. The number of carbonyl (C=O) groups excluding carboxylic acids is 1. The number of halogens is 1. The lowest BCUT2D eigenvalue weighted by Gasteiger charge is -2.18. The van der Waals surface area contributed by atoms with Crippen LogP contribution in [0.1, 0.15) is 37.8 Å². The topological polar surface area (TPSA) is 20.3 Å². The van der Waals surface area contributed by atoms with Gasteiger partial charge in [0.25, 0.3) is 5.91 Å². The largest absolute Gasteiger partial charge is 0.331 e. The summed E-state index contributed by atoms with van der Waals surface area (Å²) in [7, 11) is 0. The standard InChI is InChI=1S/C10H10BrNOS/c1-5-6-7(14-8(5)11)10(3-4-10)12(2)9(6)13/h3-4H2,1-2H3/i2D3. The van der Waals surface area contributed by atoms with Gasteiger partial charge in [-0.2, -0.15) is 0 Å². The third kappa shape index (κ3) is 0.800. The Kier molecular flexibility index (Phi) is 1.08. The molecule has 3 rings (SSSR count). The van der Waals surface area contributed by atoms with E-state index in [-0.39, 0.29) is 5.91 Å². The van der Waals surface area contributed by atoms with Gasteiger partial charge in [0.15, 0.2) is 0 Å². The SMILES string of the molecule is [2H]C([2H])([2H])N1C(=O)c2c(sc(Br)c2C)C12CC2. The van der Waals surface area contributed by atoms with E-state index in [0.29, 0.717) is 5.56 Å². The van der Waals surface area contributed by atoms with Gasteiger partial charge in [-0.15, -0.1) is 11.3 Å². The minimum Gasteiger partial charge on any atom is -0.331 e. The van der Waals surface area contributed by atoms with Crippen molar-refractivity contribution in [3.8, 4) is 0 Å². The highest BCUT2D eigenvalue weighted by molar-refractivity contribution is 9.11. The lowest BCUT2D eigenvalue weighted by Crippen LogP contribution is -2.28. The van der Waals surface area contributed by atoms with Crippen LogP contribution in [0, 0.1) is 6.92 Å². The number of rotatable bonds is 0. The Bertz CT molecular complexity index is 532. The number of hydrogen-bond acceptors (Lipinski definition) is 2. The molecule has 1 fully saturated rings. The molecule has 14 heavy (non-hydrogen) atoms. The van der Waals surface area contributed by atoms with Crippen molar-refractivity contribution in [2.45, 2.75) is 25.3 Å². The van der Waals surface area contributed by atoms with Gasteiger partial charge in [-0.25, -0.2) is 0 Å². The van der Waals surface area contributed by atoms with Crippen LogP contribution in [0.2, 0.25) is 0 Å². The zero-order valence-electron chi connectivity index (χ0n) is 10.6. The molecule has 1 aliphatic heterocycles. The van der Waals surface area contributed by atoms with Crippen LogP contribution < -0.4 is 0 Å². The fraction of sp³-hybridized carbons (Fsp3) is 0.500. The molecule has 74 valence electrons. The number of hydrogen-bond donors (Lipinski definition) is 0. The van der Waals surface area contributed by atoms with E-state index < -0.39 is 12.5 Å². The van der Waals surface area contributed by atoms with Gasteiger partial charge in [0, 0.05) is 16.0 Å². The first kappa shape index (κ1) is 6.28. The van der Waals surface area contributed by atoms with Crippen molar-refractivity contribution >= 4 is 33.2 Å². The van der Waals surface area contributed by atoms with Gasteiger partial charge < -0.3 is 4.90 Å². The molecule has 2 aliphatic rings. The molecule has 0 N–H and O–H groups in total. The number of amides is 1. The zero-order chi connectivity index (χ0) is 12.6. The van der Waals surface area contributed by atoms with Crippen molar-refractivity contribution in [3.63, 3.8) is 0 Å². The molecule has 0 aromatic carbocycles. The van der Waals surface area contributed by atoms with Crippen molar-refractivity contribution < 1.29 is 8.91 Å². The van der Waals surface area contributed by atoms with E-state index in [1.54, 1.807) is 0 Å². The van der Waals surface area contributed by atoms with E-state index in [0.717, 1.165) is 32.0 Å². The molecular formula is C10H10BrNOS. The maximum atomic E-state index is 12.3. The summed E-state index contributed by atoms with van der Waals surface area (Å²) in [5.41, 5.74) is 0.947. The second kappa shape index (κ2) is 2.42. The Hall–Kier alpha value is -0.350. The first-order chi connectivity index (χ1) is 7.79. The van der Waals surface area contributed by atoms with Gasteiger partial charge in [-0.05, 0) is 41.3 Å². The highest BCUT2D eigenvalue weighted by Gasteiger charge is 2.58. The quantitative estimate of drug-likeness (QED) is 0.713. The van der Waals surface area contributed by atoms with Gasteiger partial charge in [-0.1, -0.05) is 0 Å². The van der Waals surface area contributed by atoms with Gasteiger partial charge in [0.05, 0.1) is 14.9 Å². The average Bonchev–Trinajstić information content (AvgIpc) is 2.83. The van der Waals surface area contributed by atoms with Crippen LogP contribution in [0.3, 0.4) is 0 Å². The first-order valence-corrected chi connectivity index (χ1v) is 6.04. The third-order valence-electron chi connectivity index (χ3n) is 3.08. The Balaban J connectivity index is 2.21. The molecule has 1 aromatic heterocycles. The first-order valence-electron chi connectivity index (χ1n) is 5.93. The van der Waals surface area contributed by atoms with Crippen LogP contribution in [0.4, 0.5) is 0 Å². The smallest absolute Gasteiger partial charge is 0.255 e. The summed E-state index contributed by atoms with van der Waals surface area (Å²) < 4.78 is 23.5. The third-order valence-corrected chi connectivity index (χ3v) is 5.43. The number of fused-ring (bicyclic) bond motifs is 2. The molecule has 2 nitrogen and oxygen atoms in total. The summed E-state index contributed by atoms with van der Waals surface area (Å²) in [4.78, 5) is 14.3. The second-order valence-electron chi connectivity index (χ2n) is 3.88. The van der Waals surface area contributed by atoms with Crippen LogP contribution in [0.25, 0.3) is 0 Å². The monoisotopic (exact) mass is 274 g/mol. The van der Waals surface area contributed by atoms with E-state index in [1.807, 2.05) is 6.92 Å². The minimum absolute atomic E-state index is 0.336. The van der Waals surface area contributed by atoms with E-state index in [4.69, 9.17) is 4.11 Å². The molecule has 1 aliphatic carbocycles. The van der Waals surface area contributed by atoms with E-state index in [9.17, 15) is 4.79 Å². The second-order valence-corrected chi connectivity index (χ2v) is 6.22. The minimum atomic E-state index is -2.34. The molecule has 4 heteroatoms. The molecule has 1 spiro atoms. The van der Waals surface area contributed by atoms with Gasteiger partial charge >= 0.3 is 0 Å². The van der Waals surface area contributed by atoms with Crippen LogP contribution in [-0.2, 0) is 5.54 Å². The lowest BCUT2D eigenvalue weighted by atomic mass is 10.1. The summed E-state index contributed by atoms with van der Waals surface area (Å²) in [6.45, 7) is -0.484. The summed E-state index contributed by atoms with van der Waals surface area (Å²) >= 11 is 4.93. The maximum Gasteiger partial charge on any atom is 0.255 e. The van der Waals surface area contributed by atoms with Crippen LogP contribution in [0.15, 0.2) is 3.79 Å². The van der Waals surface area contributed by atoms with Crippen molar-refractivity contribution in [2.24, 2.45) is 0 Å². The predicted octanol–water partition coefficient (Wildman–Crippen LogP) is 2.89. The van der Waals surface area contributed by atoms with Gasteiger partial charge in [0.2, 0.25) is 0 Å². The molecule has 1 aromatic rings. The molecule has 1 saturated carbocycles. The summed E-state index contributed by atoms with van der Waals surface area (Å²) in [6, 6.07) is 0. The Morgan fingerprint density at radius 1 is 1.64 bits per heavy atom. The summed E-state index contributed by atoms with van der Waals surface area (Å²) in [6.07, 6.45) is 1.52. The van der Waals surface area contributed by atoms with E-state index >= 15 is 0 Å². The zero-order valence-corrected chi connectivity index (χ0v) is 9.96. The van der Waals surface area contributed by atoms with Crippen molar-refractivity contribution in [1.29, 1.82) is 0 Å². The predicted molar refractivity (Wildman–Crippen MR) is 59.8 cm³/mol. The molecule has 0 saturated heterocycles. The van der Waals surface area contributed by atoms with Crippen LogP contribution >= 0.6 is 27.3 Å². The van der Waals surface area contributed by atoms with Crippen LogP contribution in [-0.4, -0.2) is 17.8 Å². The maximum absolute atomic E-state index is 12.3. The molecule has 2 heterocycles. The van der Waals surface area contributed by atoms with Gasteiger partial charge in [-0.3, -0.25) is 4.79 Å². The van der Waals surface area contributed by atoms with Crippen molar-refractivity contribution in [2.75, 3.05) is 6.98 Å². The molecule has 1 amide bonds. The van der Waals surface area contributed by atoms with Crippen LogP contribution in [0.5, 0.6) is 0 Å². The highest BCUT2D eigenvalue weighted by atomic mass is 79.9. The highest BCUT2D eigenvalue weighted by Crippen LogP contribution is 2.59. The number of thiophene rings is 1. The average molecular weight is 275 g/mol. The summed E-state index contributed by atoms with van der Waals surface area (Å²) in [5.74, 6) is -0.336. The Morgan fingerprint density at radius 2 is 2.36 bits per heavy atom. The number of nitrogens with zero attached hydrogens (tertiary/aromatic N) is 1. The molecule has 0 atom stereocenters. The molecule has 0 unspecified atom stereocenters. The summed E-state index contributed by atoms with van der Waals surface area (Å²) in [5, 5.41) is 0. The van der Waals surface area contributed by atoms with Gasteiger partial charge in [0.1, 0.15) is 0 Å². The molecule has 0 bridgehead atoms. The normalized spacial score (nSPS) is 26.0. The number of carbonyl (C=O) groups is 1. The molecular weight excluding hydrogens is 262 g/mol. The van der Waals surface area contributed by atoms with Crippen molar-refractivity contribution in [3.05, 3.63) is 19.8 Å². The molecule has 0 radical (unpaired) electrons.